The second-order valence-corrected chi connectivity index (χ2v) is 9.83. The fourth-order valence-corrected chi connectivity index (χ4v) is 1.84. The zero-order chi connectivity index (χ0) is 21.0. The van der Waals surface area contributed by atoms with Gasteiger partial charge in [0.2, 0.25) is 0 Å². The molecular formula is C21H36O6. The van der Waals surface area contributed by atoms with Gasteiger partial charge in [0.15, 0.2) is 17.2 Å². The summed E-state index contributed by atoms with van der Waals surface area (Å²) >= 11 is 0. The van der Waals surface area contributed by atoms with E-state index in [0.717, 1.165) is 5.56 Å². The van der Waals surface area contributed by atoms with Crippen LogP contribution in [0.4, 0.5) is 0 Å². The SMILES string of the molecule is CC(C)c1c(OOC(C)(C)C)cc(OOC(C)(C)C)cc1OOC(C)(C)C. The van der Waals surface area contributed by atoms with Gasteiger partial charge < -0.3 is 14.7 Å². The summed E-state index contributed by atoms with van der Waals surface area (Å²) in [5.74, 6) is 1.50. The molecule has 0 heterocycles. The van der Waals surface area contributed by atoms with Gasteiger partial charge in [0.1, 0.15) is 16.8 Å². The third kappa shape index (κ3) is 9.31. The fourth-order valence-electron chi connectivity index (χ4n) is 1.84. The largest absolute Gasteiger partial charge is 0.337 e. The van der Waals surface area contributed by atoms with Gasteiger partial charge in [-0.25, -0.2) is 0 Å². The summed E-state index contributed by atoms with van der Waals surface area (Å²) in [6.45, 7) is 21.2. The number of rotatable bonds is 7. The smallest absolute Gasteiger partial charge is 0.176 e. The van der Waals surface area contributed by atoms with Gasteiger partial charge in [-0.05, 0) is 68.2 Å². The Kier molecular flexibility index (Phi) is 7.56. The molecule has 0 unspecified atom stereocenters. The van der Waals surface area contributed by atoms with Crippen molar-refractivity contribution in [3.63, 3.8) is 0 Å². The summed E-state index contributed by atoms with van der Waals surface area (Å²) in [6, 6.07) is 3.44. The average molecular weight is 385 g/mol. The van der Waals surface area contributed by atoms with E-state index in [-0.39, 0.29) is 5.92 Å². The van der Waals surface area contributed by atoms with E-state index in [0.29, 0.717) is 17.2 Å². The maximum Gasteiger partial charge on any atom is 0.176 e. The Hall–Kier alpha value is -1.50. The Morgan fingerprint density at radius 3 is 1.22 bits per heavy atom. The molecule has 0 bridgehead atoms. The van der Waals surface area contributed by atoms with Crippen molar-refractivity contribution in [2.75, 3.05) is 0 Å². The van der Waals surface area contributed by atoms with E-state index in [1.165, 1.54) is 0 Å². The molecule has 1 aromatic rings. The molecule has 0 aliphatic carbocycles. The molecule has 6 nitrogen and oxygen atoms in total. The fraction of sp³-hybridized carbons (Fsp3) is 0.714. The summed E-state index contributed by atoms with van der Waals surface area (Å²) in [5.41, 5.74) is -0.610. The van der Waals surface area contributed by atoms with Crippen molar-refractivity contribution in [1.82, 2.24) is 0 Å². The minimum Gasteiger partial charge on any atom is -0.337 e. The van der Waals surface area contributed by atoms with E-state index in [1.807, 2.05) is 76.2 Å². The third-order valence-corrected chi connectivity index (χ3v) is 2.81. The Morgan fingerprint density at radius 1 is 0.593 bits per heavy atom. The van der Waals surface area contributed by atoms with Crippen molar-refractivity contribution in [2.45, 2.75) is 98.9 Å². The minimum atomic E-state index is -0.476. The van der Waals surface area contributed by atoms with Crippen molar-refractivity contribution in [3.8, 4) is 17.2 Å². The van der Waals surface area contributed by atoms with Crippen molar-refractivity contribution in [1.29, 1.82) is 0 Å². The Labute approximate surface area is 163 Å². The Morgan fingerprint density at radius 2 is 0.926 bits per heavy atom. The lowest BCUT2D eigenvalue weighted by Gasteiger charge is -2.24. The van der Waals surface area contributed by atoms with Crippen LogP contribution in [0.5, 0.6) is 17.2 Å². The van der Waals surface area contributed by atoms with Crippen LogP contribution in [0.15, 0.2) is 12.1 Å². The highest BCUT2D eigenvalue weighted by molar-refractivity contribution is 5.51. The maximum atomic E-state index is 5.64. The summed E-state index contributed by atoms with van der Waals surface area (Å²) in [5, 5.41) is 0. The van der Waals surface area contributed by atoms with Crippen LogP contribution >= 0.6 is 0 Å². The van der Waals surface area contributed by atoms with Crippen LogP contribution in [0, 0.1) is 0 Å². The number of benzene rings is 1. The standard InChI is InChI=1S/C21H36O6/c1-14(2)18-16(23-26-20(6,7)8)12-15(22-25-19(3,4)5)13-17(18)24-27-21(9,10)11/h12-14H,1-11H3. The molecule has 6 heteroatoms. The van der Waals surface area contributed by atoms with Crippen LogP contribution in [-0.4, -0.2) is 16.8 Å². The topological polar surface area (TPSA) is 55.4 Å². The highest BCUT2D eigenvalue weighted by atomic mass is 17.2. The lowest BCUT2D eigenvalue weighted by atomic mass is 10.0. The van der Waals surface area contributed by atoms with Gasteiger partial charge in [0, 0.05) is 17.7 Å². The molecule has 1 aromatic carbocycles. The zero-order valence-electron chi connectivity index (χ0n) is 18.7. The van der Waals surface area contributed by atoms with Gasteiger partial charge >= 0.3 is 0 Å². The summed E-state index contributed by atoms with van der Waals surface area (Å²) in [7, 11) is 0. The molecule has 0 saturated carbocycles. The molecule has 1 rings (SSSR count). The van der Waals surface area contributed by atoms with Crippen LogP contribution < -0.4 is 14.7 Å². The molecule has 0 aromatic heterocycles. The second-order valence-electron chi connectivity index (χ2n) is 9.83. The van der Waals surface area contributed by atoms with Crippen LogP contribution in [-0.2, 0) is 14.7 Å². The molecule has 0 amide bonds. The van der Waals surface area contributed by atoms with Crippen molar-refractivity contribution in [2.24, 2.45) is 0 Å². The highest BCUT2D eigenvalue weighted by Gasteiger charge is 2.24. The monoisotopic (exact) mass is 384 g/mol. The lowest BCUT2D eigenvalue weighted by molar-refractivity contribution is -0.284. The first-order chi connectivity index (χ1) is 12.1. The highest BCUT2D eigenvalue weighted by Crippen LogP contribution is 2.40. The van der Waals surface area contributed by atoms with Gasteiger partial charge in [-0.3, -0.25) is 0 Å². The molecule has 0 N–H and O–H groups in total. The van der Waals surface area contributed by atoms with Crippen LogP contribution in [0.1, 0.15) is 87.6 Å². The maximum absolute atomic E-state index is 5.64. The normalized spacial score (nSPS) is 13.0. The van der Waals surface area contributed by atoms with Crippen molar-refractivity contribution >= 4 is 0 Å². The van der Waals surface area contributed by atoms with Gasteiger partial charge in [-0.2, -0.15) is 14.7 Å². The average Bonchev–Trinajstić information content (AvgIpc) is 2.46. The molecule has 0 aliphatic heterocycles. The molecule has 27 heavy (non-hydrogen) atoms. The first kappa shape index (κ1) is 23.5. The number of hydrogen-bond acceptors (Lipinski definition) is 6. The minimum absolute atomic E-state index is 0.0970. The predicted molar refractivity (Wildman–Crippen MR) is 105 cm³/mol. The van der Waals surface area contributed by atoms with E-state index in [2.05, 4.69) is 0 Å². The van der Waals surface area contributed by atoms with Crippen molar-refractivity contribution in [3.05, 3.63) is 17.7 Å². The predicted octanol–water partition coefficient (Wildman–Crippen LogP) is 6.14. The third-order valence-electron chi connectivity index (χ3n) is 2.81. The quantitative estimate of drug-likeness (QED) is 0.416. The Balaban J connectivity index is 3.28. The molecule has 0 saturated heterocycles. The van der Waals surface area contributed by atoms with Crippen LogP contribution in [0.3, 0.4) is 0 Å². The van der Waals surface area contributed by atoms with E-state index < -0.39 is 16.8 Å². The number of hydrogen-bond donors (Lipinski definition) is 0. The lowest BCUT2D eigenvalue weighted by Crippen LogP contribution is -2.23. The van der Waals surface area contributed by atoms with E-state index >= 15 is 0 Å². The molecule has 0 atom stereocenters. The zero-order valence-corrected chi connectivity index (χ0v) is 18.7. The molecule has 0 aliphatic rings. The summed E-state index contributed by atoms with van der Waals surface area (Å²) < 4.78 is 0. The molecule has 0 fully saturated rings. The Bertz CT molecular complexity index is 564. The van der Waals surface area contributed by atoms with Gasteiger partial charge in [-0.15, -0.1) is 0 Å². The van der Waals surface area contributed by atoms with Crippen molar-refractivity contribution < 1.29 is 29.3 Å². The first-order valence-corrected chi connectivity index (χ1v) is 9.32. The molecular weight excluding hydrogens is 348 g/mol. The van der Waals surface area contributed by atoms with E-state index in [1.54, 1.807) is 12.1 Å². The second kappa shape index (κ2) is 8.67. The van der Waals surface area contributed by atoms with E-state index in [9.17, 15) is 0 Å². The van der Waals surface area contributed by atoms with Gasteiger partial charge in [-0.1, -0.05) is 13.8 Å². The van der Waals surface area contributed by atoms with E-state index in [4.69, 9.17) is 29.3 Å². The summed E-state index contributed by atoms with van der Waals surface area (Å²) in [6.07, 6.45) is 0. The molecule has 156 valence electrons. The molecule has 0 radical (unpaired) electrons. The molecule has 0 spiro atoms. The summed E-state index contributed by atoms with van der Waals surface area (Å²) in [4.78, 5) is 33.2. The van der Waals surface area contributed by atoms with Crippen LogP contribution in [0.25, 0.3) is 0 Å². The van der Waals surface area contributed by atoms with Crippen LogP contribution in [0.2, 0.25) is 0 Å². The first-order valence-electron chi connectivity index (χ1n) is 9.32. The van der Waals surface area contributed by atoms with Gasteiger partial charge in [0.05, 0.1) is 0 Å². The van der Waals surface area contributed by atoms with Gasteiger partial charge in [0.25, 0.3) is 0 Å².